The van der Waals surface area contributed by atoms with Crippen LogP contribution in [-0.4, -0.2) is 27.9 Å². The Balaban J connectivity index is 0.00000107. The van der Waals surface area contributed by atoms with Crippen LogP contribution in [0.4, 0.5) is 0 Å². The molecule has 0 saturated carbocycles. The fourth-order valence-electron chi connectivity index (χ4n) is 5.28. The molecule has 6 heteroatoms. The zero-order chi connectivity index (χ0) is 19.0. The summed E-state index contributed by atoms with van der Waals surface area (Å²) in [6.07, 6.45) is 5.76. The van der Waals surface area contributed by atoms with Crippen molar-refractivity contribution in [3.8, 4) is 0 Å². The Bertz CT molecular complexity index is 1170. The van der Waals surface area contributed by atoms with Gasteiger partial charge in [0.25, 0.3) is 0 Å². The van der Waals surface area contributed by atoms with E-state index in [1.165, 1.54) is 27.1 Å². The minimum absolute atomic E-state index is 0. The third kappa shape index (κ3) is 3.72. The predicted octanol–water partition coefficient (Wildman–Crippen LogP) is -1.19. The van der Waals surface area contributed by atoms with Gasteiger partial charge in [0.05, 0.1) is 16.1 Å². The zero-order valence-corrected chi connectivity index (χ0v) is 23.9. The maximum absolute atomic E-state index is 9.59. The van der Waals surface area contributed by atoms with E-state index in [1.54, 1.807) is 21.1 Å². The van der Waals surface area contributed by atoms with Crippen LogP contribution in [0.2, 0.25) is 32.2 Å². The molecule has 0 aromatic heterocycles. The Kier molecular flexibility index (Phi) is 7.67. The Hall–Kier alpha value is -0.353. The summed E-state index contributed by atoms with van der Waals surface area (Å²) >= 11 is 0. The Morgan fingerprint density at radius 2 is 1.77 bits per heavy atom. The molecule has 1 aliphatic heterocycles. The van der Waals surface area contributed by atoms with Crippen LogP contribution in [0.15, 0.2) is 53.7 Å². The van der Waals surface area contributed by atoms with Crippen molar-refractivity contribution in [3.05, 3.63) is 59.3 Å². The summed E-state index contributed by atoms with van der Waals surface area (Å²) in [6, 6.07) is 14.7. The minimum Gasteiger partial charge on any atom is -1.00 e. The second kappa shape index (κ2) is 8.88. The second-order valence-electron chi connectivity index (χ2n) is 9.35. The molecule has 0 bridgehead atoms. The number of fused-ring (bicyclic) bond motifs is 5. The van der Waals surface area contributed by atoms with E-state index < -0.39 is 16.1 Å². The van der Waals surface area contributed by atoms with E-state index in [1.807, 2.05) is 0 Å². The van der Waals surface area contributed by atoms with Crippen molar-refractivity contribution in [2.45, 2.75) is 38.7 Å². The Morgan fingerprint density at radius 1 is 1.07 bits per heavy atom. The summed E-state index contributed by atoms with van der Waals surface area (Å²) in [5.41, 5.74) is 3.09. The van der Waals surface area contributed by atoms with Gasteiger partial charge in [-0.15, -0.1) is 38.9 Å². The summed E-state index contributed by atoms with van der Waals surface area (Å²) in [6.45, 7) is 10.1. The molecule has 1 radical (unpaired) electrons. The zero-order valence-electron chi connectivity index (χ0n) is 17.9. The van der Waals surface area contributed by atoms with Gasteiger partial charge in [-0.3, -0.25) is 0 Å². The number of rotatable bonds is 4. The van der Waals surface area contributed by atoms with E-state index in [0.29, 0.717) is 6.61 Å². The van der Waals surface area contributed by atoms with Crippen LogP contribution in [0.3, 0.4) is 0 Å². The third-order valence-electron chi connectivity index (χ3n) is 6.83. The molecule has 0 fully saturated rings. The molecule has 2 aliphatic rings. The molecule has 0 atom stereocenters. The molecule has 0 unspecified atom stereocenters. The van der Waals surface area contributed by atoms with Crippen molar-refractivity contribution in [2.75, 3.05) is 6.61 Å². The molecule has 30 heavy (non-hydrogen) atoms. The largest absolute Gasteiger partial charge is 3.00 e. The first-order valence-electron chi connectivity index (χ1n) is 10.0. The van der Waals surface area contributed by atoms with Gasteiger partial charge in [0, 0.05) is 6.61 Å². The summed E-state index contributed by atoms with van der Waals surface area (Å²) in [7, 11) is -3.05. The van der Waals surface area contributed by atoms with Crippen LogP contribution in [-0.2, 0) is 26.2 Å². The van der Waals surface area contributed by atoms with Crippen LogP contribution in [0, 0.1) is 0 Å². The average Bonchev–Trinajstić information content (AvgIpc) is 3.01. The van der Waals surface area contributed by atoms with Gasteiger partial charge in [-0.1, -0.05) is 73.0 Å². The van der Waals surface area contributed by atoms with Gasteiger partial charge in [0.1, 0.15) is 0 Å². The molecule has 3 aromatic rings. The fraction of sp³-hybridized carbons (Fsp3) is 0.292. The first-order chi connectivity index (χ1) is 12.9. The van der Waals surface area contributed by atoms with E-state index in [0.717, 1.165) is 12.5 Å². The van der Waals surface area contributed by atoms with Crippen LogP contribution in [0.5, 0.6) is 0 Å². The normalized spacial score (nSPS) is 16.2. The minimum atomic E-state index is -1.61. The molecule has 3 aromatic carbocycles. The van der Waals surface area contributed by atoms with Crippen LogP contribution in [0.1, 0.15) is 12.0 Å². The fourth-order valence-corrected chi connectivity index (χ4v) is 11.5. The monoisotopic (exact) mass is 547 g/mol. The van der Waals surface area contributed by atoms with Gasteiger partial charge in [0.15, 0.2) is 0 Å². The average molecular weight is 550 g/mol. The van der Waals surface area contributed by atoms with Crippen LogP contribution in [0.25, 0.3) is 27.1 Å². The molecular weight excluding hydrogens is 523 g/mol. The molecule has 0 saturated heterocycles. The number of hydrogen-bond acceptors (Lipinski definition) is 1. The molecule has 1 heterocycles. The van der Waals surface area contributed by atoms with E-state index in [9.17, 15) is 5.11 Å². The van der Waals surface area contributed by atoms with Crippen molar-refractivity contribution in [2.24, 2.45) is 0 Å². The number of allylic oxidation sites excluding steroid dienone is 4. The number of aliphatic hydroxyl groups is 1. The first-order valence-corrected chi connectivity index (χ1v) is 16.2. The number of halogens is 2. The third-order valence-corrected chi connectivity index (χ3v) is 13.5. The van der Waals surface area contributed by atoms with Gasteiger partial charge >= 0.3 is 26.2 Å². The second-order valence-corrected chi connectivity index (χ2v) is 18.4. The van der Waals surface area contributed by atoms with E-state index in [4.69, 9.17) is 0 Å². The van der Waals surface area contributed by atoms with Crippen LogP contribution >= 0.6 is 0 Å². The van der Waals surface area contributed by atoms with Crippen molar-refractivity contribution in [3.63, 3.8) is 0 Å². The predicted molar refractivity (Wildman–Crippen MR) is 124 cm³/mol. The SMILES string of the molecule is C[Si](C)(CCO)C1=C(c2cc3c([cH-]c4ccccc43)c3c2[Si]3(C)C)CC=C1.[Cl-].[Cl-].[Zr+3]. The van der Waals surface area contributed by atoms with E-state index in [-0.39, 0.29) is 51.0 Å². The van der Waals surface area contributed by atoms with E-state index >= 15 is 0 Å². The molecule has 5 rings (SSSR count). The number of aliphatic hydroxyl groups excluding tert-OH is 1. The molecule has 1 aliphatic carbocycles. The molecule has 0 amide bonds. The Labute approximate surface area is 213 Å². The maximum atomic E-state index is 9.59. The Morgan fingerprint density at radius 3 is 2.47 bits per heavy atom. The van der Waals surface area contributed by atoms with Crippen LogP contribution < -0.4 is 35.2 Å². The quantitative estimate of drug-likeness (QED) is 0.321. The van der Waals surface area contributed by atoms with Crippen molar-refractivity contribution >= 4 is 53.6 Å². The van der Waals surface area contributed by atoms with Gasteiger partial charge in [-0.25, -0.2) is 0 Å². The molecular formula is C24H27Cl2OSi2Zr. The van der Waals surface area contributed by atoms with Gasteiger partial charge in [-0.05, 0) is 23.6 Å². The first kappa shape index (κ1) is 25.9. The summed E-state index contributed by atoms with van der Waals surface area (Å²) < 4.78 is 0. The van der Waals surface area contributed by atoms with Gasteiger partial charge < -0.3 is 29.9 Å². The summed E-state index contributed by atoms with van der Waals surface area (Å²) in [4.78, 5) is 0. The molecule has 1 nitrogen and oxygen atoms in total. The summed E-state index contributed by atoms with van der Waals surface area (Å²) in [5.74, 6) is 0. The van der Waals surface area contributed by atoms with Crippen molar-refractivity contribution in [1.29, 1.82) is 0 Å². The number of hydrogen-bond donors (Lipinski definition) is 1. The molecule has 155 valence electrons. The van der Waals surface area contributed by atoms with Crippen molar-refractivity contribution in [1.82, 2.24) is 0 Å². The van der Waals surface area contributed by atoms with Crippen molar-refractivity contribution < 1.29 is 56.1 Å². The molecule has 1 N–H and O–H groups in total. The number of benzene rings is 2. The molecule has 0 spiro atoms. The maximum Gasteiger partial charge on any atom is 3.00 e. The summed E-state index contributed by atoms with van der Waals surface area (Å²) in [5, 5.41) is 20.2. The van der Waals surface area contributed by atoms with E-state index in [2.05, 4.69) is 74.7 Å². The smallest absolute Gasteiger partial charge is 1.00 e. The standard InChI is InChI=1S/C24H27OSi2.2ClH.Zr/c1-26(2,13-12-25)22-11-7-10-18(22)21-15-19-17-9-6-5-8-16(17)14-20(19)23-24(21)27(23,3)4;;;/h5-9,11,14-15,25H,10,12-13H2,1-4H3;2*1H;/q-1;;;+3/p-2. The topological polar surface area (TPSA) is 20.2 Å². The van der Waals surface area contributed by atoms with Gasteiger partial charge in [-0.2, -0.15) is 0 Å². The van der Waals surface area contributed by atoms with Gasteiger partial charge in [0.2, 0.25) is 0 Å².